The third-order valence-electron chi connectivity index (χ3n) is 1.86. The van der Waals surface area contributed by atoms with E-state index in [-0.39, 0.29) is 30.6 Å². The topological polar surface area (TPSA) is 52.6 Å². The fourth-order valence-corrected chi connectivity index (χ4v) is 1.67. The van der Waals surface area contributed by atoms with E-state index in [0.717, 1.165) is 6.07 Å². The maximum Gasteiger partial charge on any atom is 0.234 e. The Morgan fingerprint density at radius 2 is 1.94 bits per heavy atom. The van der Waals surface area contributed by atoms with Crippen LogP contribution in [0.1, 0.15) is 0 Å². The first kappa shape index (κ1) is 15.5. The van der Waals surface area contributed by atoms with Crippen molar-refractivity contribution in [3.63, 3.8) is 0 Å². The molecule has 0 saturated heterocycles. The van der Waals surface area contributed by atoms with E-state index in [1.165, 1.54) is 12.1 Å². The van der Waals surface area contributed by atoms with E-state index < -0.39 is 14.9 Å². The van der Waals surface area contributed by atoms with E-state index in [1.54, 1.807) is 0 Å². The van der Waals surface area contributed by atoms with Gasteiger partial charge in [-0.05, 0) is 12.1 Å². The third kappa shape index (κ3) is 6.39. The molecular formula is C10H11Cl2FO4S. The van der Waals surface area contributed by atoms with Gasteiger partial charge in [0.1, 0.15) is 18.2 Å². The number of halogens is 3. The van der Waals surface area contributed by atoms with Crippen molar-refractivity contribution in [2.45, 2.75) is 0 Å². The van der Waals surface area contributed by atoms with Gasteiger partial charge in [-0.1, -0.05) is 11.6 Å². The Kier molecular flexibility index (Phi) is 6.14. The summed E-state index contributed by atoms with van der Waals surface area (Å²) in [6.45, 7) is 0.338. The summed E-state index contributed by atoms with van der Waals surface area (Å²) in [4.78, 5) is 0. The molecule has 4 nitrogen and oxygen atoms in total. The smallest absolute Gasteiger partial charge is 0.234 e. The standard InChI is InChI=1S/C10H11Cl2FO4S/c11-9-2-1-8(7-10(9)13)17-4-3-16-5-6-18(12,14)15/h1-2,7H,3-6H2. The van der Waals surface area contributed by atoms with Gasteiger partial charge in [0.25, 0.3) is 0 Å². The fourth-order valence-electron chi connectivity index (χ4n) is 1.05. The molecule has 0 bridgehead atoms. The molecule has 0 spiro atoms. The van der Waals surface area contributed by atoms with Crippen LogP contribution in [0.2, 0.25) is 5.02 Å². The maximum absolute atomic E-state index is 13.0. The number of benzene rings is 1. The largest absolute Gasteiger partial charge is 0.491 e. The summed E-state index contributed by atoms with van der Waals surface area (Å²) in [6, 6.07) is 4.06. The molecule has 0 saturated carbocycles. The van der Waals surface area contributed by atoms with Crippen molar-refractivity contribution < 1.29 is 22.3 Å². The average Bonchev–Trinajstić information content (AvgIpc) is 2.26. The van der Waals surface area contributed by atoms with Crippen LogP contribution >= 0.6 is 22.3 Å². The van der Waals surface area contributed by atoms with Gasteiger partial charge >= 0.3 is 0 Å². The Bertz CT molecular complexity index is 493. The predicted molar refractivity (Wildman–Crippen MR) is 67.4 cm³/mol. The van der Waals surface area contributed by atoms with Gasteiger partial charge < -0.3 is 9.47 Å². The molecule has 0 fully saturated rings. The molecule has 0 amide bonds. The molecule has 0 aliphatic heterocycles. The van der Waals surface area contributed by atoms with E-state index in [2.05, 4.69) is 0 Å². The minimum absolute atomic E-state index is 0.00975. The zero-order chi connectivity index (χ0) is 13.6. The van der Waals surface area contributed by atoms with E-state index in [0.29, 0.717) is 5.75 Å². The van der Waals surface area contributed by atoms with Crippen LogP contribution in [0.25, 0.3) is 0 Å². The number of rotatable bonds is 7. The zero-order valence-corrected chi connectivity index (χ0v) is 11.6. The summed E-state index contributed by atoms with van der Waals surface area (Å²) >= 11 is 5.50. The van der Waals surface area contributed by atoms with Gasteiger partial charge in [0.05, 0.1) is 24.0 Å². The highest BCUT2D eigenvalue weighted by Crippen LogP contribution is 2.20. The molecule has 0 N–H and O–H groups in total. The highest BCUT2D eigenvalue weighted by atomic mass is 35.7. The third-order valence-corrected chi connectivity index (χ3v) is 3.28. The van der Waals surface area contributed by atoms with Crippen LogP contribution in [0.4, 0.5) is 4.39 Å². The summed E-state index contributed by atoms with van der Waals surface area (Å²) in [5, 5.41) is 0.0194. The van der Waals surface area contributed by atoms with Gasteiger partial charge in [-0.15, -0.1) is 0 Å². The molecule has 18 heavy (non-hydrogen) atoms. The van der Waals surface area contributed by atoms with E-state index in [9.17, 15) is 12.8 Å². The summed E-state index contributed by atoms with van der Waals surface area (Å²) in [6.07, 6.45) is 0. The van der Waals surface area contributed by atoms with Crippen LogP contribution in [0.5, 0.6) is 5.75 Å². The van der Waals surface area contributed by atoms with Crippen LogP contribution in [-0.4, -0.2) is 34.0 Å². The highest BCUT2D eigenvalue weighted by molar-refractivity contribution is 8.13. The Labute approximate surface area is 114 Å². The Hall–Kier alpha value is -0.560. The van der Waals surface area contributed by atoms with Gasteiger partial charge in [0.15, 0.2) is 0 Å². The molecule has 8 heteroatoms. The second kappa shape index (κ2) is 7.13. The van der Waals surface area contributed by atoms with Crippen molar-refractivity contribution >= 4 is 31.3 Å². The molecule has 0 atom stereocenters. The van der Waals surface area contributed by atoms with Crippen LogP contribution < -0.4 is 4.74 Å². The summed E-state index contributed by atoms with van der Waals surface area (Å²) < 4.78 is 44.3. The lowest BCUT2D eigenvalue weighted by Crippen LogP contribution is -2.12. The molecule has 0 radical (unpaired) electrons. The van der Waals surface area contributed by atoms with Crippen molar-refractivity contribution in [2.24, 2.45) is 0 Å². The molecule has 0 aromatic heterocycles. The average molecular weight is 317 g/mol. The van der Waals surface area contributed by atoms with Crippen molar-refractivity contribution in [3.05, 3.63) is 29.0 Å². The van der Waals surface area contributed by atoms with Gasteiger partial charge in [-0.3, -0.25) is 0 Å². The minimum Gasteiger partial charge on any atom is -0.491 e. The van der Waals surface area contributed by atoms with E-state index >= 15 is 0 Å². The first-order chi connectivity index (χ1) is 8.38. The second-order valence-corrected chi connectivity index (χ2v) is 6.58. The molecule has 0 heterocycles. The molecular weight excluding hydrogens is 306 g/mol. The normalized spacial score (nSPS) is 11.5. The Balaban J connectivity index is 2.20. The Morgan fingerprint density at radius 1 is 1.22 bits per heavy atom. The summed E-state index contributed by atoms with van der Waals surface area (Å²) in [5.74, 6) is -0.502. The molecule has 1 rings (SSSR count). The van der Waals surface area contributed by atoms with E-state index in [1.807, 2.05) is 0 Å². The molecule has 102 valence electrons. The SMILES string of the molecule is O=S(=O)(Cl)CCOCCOc1ccc(Cl)c(F)c1. The maximum atomic E-state index is 13.0. The Morgan fingerprint density at radius 3 is 2.56 bits per heavy atom. The lowest BCUT2D eigenvalue weighted by molar-refractivity contribution is 0.111. The fraction of sp³-hybridized carbons (Fsp3) is 0.400. The zero-order valence-electron chi connectivity index (χ0n) is 9.24. The van der Waals surface area contributed by atoms with Gasteiger partial charge in [0.2, 0.25) is 9.05 Å². The molecule has 0 aliphatic carbocycles. The van der Waals surface area contributed by atoms with Gasteiger partial charge in [-0.2, -0.15) is 0 Å². The molecule has 0 unspecified atom stereocenters. The molecule has 0 aliphatic rings. The lowest BCUT2D eigenvalue weighted by Gasteiger charge is -2.07. The van der Waals surface area contributed by atoms with Crippen LogP contribution in [0.15, 0.2) is 18.2 Å². The van der Waals surface area contributed by atoms with Crippen LogP contribution in [0.3, 0.4) is 0 Å². The number of ether oxygens (including phenoxy) is 2. The number of hydrogen-bond acceptors (Lipinski definition) is 4. The van der Waals surface area contributed by atoms with Crippen molar-refractivity contribution in [2.75, 3.05) is 25.6 Å². The monoisotopic (exact) mass is 316 g/mol. The minimum atomic E-state index is -3.53. The van der Waals surface area contributed by atoms with Crippen molar-refractivity contribution in [1.82, 2.24) is 0 Å². The highest BCUT2D eigenvalue weighted by Gasteiger charge is 2.04. The van der Waals surface area contributed by atoms with Crippen molar-refractivity contribution in [1.29, 1.82) is 0 Å². The first-order valence-corrected chi connectivity index (χ1v) is 7.82. The summed E-state index contributed by atoms with van der Waals surface area (Å²) in [5.41, 5.74) is 0. The second-order valence-electron chi connectivity index (χ2n) is 3.28. The molecule has 1 aromatic carbocycles. The lowest BCUT2D eigenvalue weighted by atomic mass is 10.3. The summed E-state index contributed by atoms with van der Waals surface area (Å²) in [7, 11) is 1.45. The van der Waals surface area contributed by atoms with Gasteiger partial charge in [-0.25, -0.2) is 12.8 Å². The molecule has 1 aromatic rings. The quantitative estimate of drug-likeness (QED) is 0.572. The van der Waals surface area contributed by atoms with Crippen molar-refractivity contribution in [3.8, 4) is 5.75 Å². The predicted octanol–water partition coefficient (Wildman–Crippen LogP) is 2.44. The first-order valence-electron chi connectivity index (χ1n) is 4.96. The van der Waals surface area contributed by atoms with Gasteiger partial charge in [0, 0.05) is 16.7 Å². The van der Waals surface area contributed by atoms with E-state index in [4.69, 9.17) is 31.8 Å². The van der Waals surface area contributed by atoms with Crippen LogP contribution in [-0.2, 0) is 13.8 Å². The number of hydrogen-bond donors (Lipinski definition) is 0. The van der Waals surface area contributed by atoms with Crippen LogP contribution in [0, 0.1) is 5.82 Å².